The first-order valence-electron chi connectivity index (χ1n) is 7.67. The number of rotatable bonds is 2. The third-order valence-corrected chi connectivity index (χ3v) is 5.27. The van der Waals surface area contributed by atoms with Gasteiger partial charge in [0.1, 0.15) is 4.88 Å². The van der Waals surface area contributed by atoms with Gasteiger partial charge >= 0.3 is 0 Å². The highest BCUT2D eigenvalue weighted by atomic mass is 32.1. The molecule has 0 fully saturated rings. The van der Waals surface area contributed by atoms with Crippen LogP contribution in [0.5, 0.6) is 0 Å². The van der Waals surface area contributed by atoms with Crippen LogP contribution in [0.4, 0.5) is 5.69 Å². The van der Waals surface area contributed by atoms with Crippen molar-refractivity contribution >= 4 is 22.7 Å². The number of hydrogen-bond donors (Lipinski definition) is 0. The van der Waals surface area contributed by atoms with Crippen molar-refractivity contribution in [2.75, 3.05) is 0 Å². The van der Waals surface area contributed by atoms with E-state index in [-0.39, 0.29) is 12.2 Å². The monoisotopic (exact) mass is 354 g/mol. The fraction of sp³-hybridized carbons (Fsp3) is 0.176. The van der Waals surface area contributed by atoms with Gasteiger partial charge in [0.25, 0.3) is 5.69 Å². The molecule has 7 nitrogen and oxygen atoms in total. The second-order valence-corrected chi connectivity index (χ2v) is 6.80. The molecular formula is C17H14N4O3S. The number of aromatic nitrogens is 2. The molecule has 1 aliphatic rings. The zero-order chi connectivity index (χ0) is 17.7. The maximum atomic E-state index is 12.9. The zero-order valence-corrected chi connectivity index (χ0v) is 14.4. The molecule has 0 aliphatic carbocycles. The van der Waals surface area contributed by atoms with Crippen LogP contribution in [-0.4, -0.2) is 24.9 Å². The molecule has 1 aliphatic heterocycles. The molecule has 0 saturated carbocycles. The van der Waals surface area contributed by atoms with E-state index >= 15 is 0 Å². The topological polar surface area (TPSA) is 87.0 Å². The quantitative estimate of drug-likeness (QED) is 0.306. The van der Waals surface area contributed by atoms with Crippen LogP contribution in [0, 0.1) is 29.2 Å². The highest BCUT2D eigenvalue weighted by Gasteiger charge is 2.30. The van der Waals surface area contributed by atoms with E-state index in [1.165, 1.54) is 23.5 Å². The minimum atomic E-state index is -0.445. The number of nitrogens with zero attached hydrogens (tertiary/aromatic N) is 4. The molecule has 0 unspecified atom stereocenters. The van der Waals surface area contributed by atoms with Gasteiger partial charge < -0.3 is 5.21 Å². The average Bonchev–Trinajstić information content (AvgIpc) is 3.15. The van der Waals surface area contributed by atoms with Crippen LogP contribution in [0.1, 0.15) is 27.7 Å². The van der Waals surface area contributed by atoms with E-state index in [4.69, 9.17) is 0 Å². The number of fused-ring (bicyclic) bond motifs is 3. The first kappa shape index (κ1) is 15.5. The van der Waals surface area contributed by atoms with Gasteiger partial charge in [0.05, 0.1) is 21.9 Å². The largest absolute Gasteiger partial charge is 0.623 e. The van der Waals surface area contributed by atoms with Crippen LogP contribution < -0.4 is 0 Å². The summed E-state index contributed by atoms with van der Waals surface area (Å²) in [6, 6.07) is 8.33. The van der Waals surface area contributed by atoms with Gasteiger partial charge in [-0.1, -0.05) is 6.07 Å². The van der Waals surface area contributed by atoms with Gasteiger partial charge in [0.15, 0.2) is 5.82 Å². The lowest BCUT2D eigenvalue weighted by molar-refractivity contribution is -0.475. The molecule has 3 aromatic rings. The van der Waals surface area contributed by atoms with Gasteiger partial charge in [0.2, 0.25) is 12.3 Å². The predicted octanol–water partition coefficient (Wildman–Crippen LogP) is 3.32. The van der Waals surface area contributed by atoms with Crippen LogP contribution in [0.2, 0.25) is 0 Å². The maximum absolute atomic E-state index is 12.9. The summed E-state index contributed by atoms with van der Waals surface area (Å²) in [5.41, 5.74) is 3.44. The lowest BCUT2D eigenvalue weighted by atomic mass is 10.0. The molecule has 1 aromatic carbocycles. The third kappa shape index (κ3) is 2.33. The Bertz CT molecular complexity index is 1030. The lowest BCUT2D eigenvalue weighted by Gasteiger charge is -2.11. The summed E-state index contributed by atoms with van der Waals surface area (Å²) in [7, 11) is 0. The molecule has 0 saturated heterocycles. The Morgan fingerprint density at radius 2 is 2.12 bits per heavy atom. The van der Waals surface area contributed by atoms with Gasteiger partial charge in [-0.05, 0) is 31.4 Å². The second-order valence-electron chi connectivity index (χ2n) is 5.86. The van der Waals surface area contributed by atoms with Gasteiger partial charge in [-0.15, -0.1) is 11.3 Å². The lowest BCUT2D eigenvalue weighted by Crippen LogP contribution is -2.16. The molecule has 126 valence electrons. The Kier molecular flexibility index (Phi) is 3.43. The van der Waals surface area contributed by atoms with Gasteiger partial charge in [-0.2, -0.15) is 4.74 Å². The van der Waals surface area contributed by atoms with Gasteiger partial charge in [-0.3, -0.25) is 14.7 Å². The van der Waals surface area contributed by atoms with Crippen molar-refractivity contribution in [1.82, 2.24) is 9.55 Å². The minimum Gasteiger partial charge on any atom is -0.623 e. The highest BCUT2D eigenvalue weighted by molar-refractivity contribution is 7.12. The maximum Gasteiger partial charge on any atom is 0.270 e. The Balaban J connectivity index is 2.09. The van der Waals surface area contributed by atoms with Crippen LogP contribution in [0.15, 0.2) is 35.7 Å². The highest BCUT2D eigenvalue weighted by Crippen LogP contribution is 2.31. The number of aryl methyl sites for hydroxylation is 1. The average molecular weight is 354 g/mol. The van der Waals surface area contributed by atoms with E-state index in [1.54, 1.807) is 6.07 Å². The van der Waals surface area contributed by atoms with Crippen molar-refractivity contribution < 1.29 is 9.66 Å². The van der Waals surface area contributed by atoms with Crippen molar-refractivity contribution in [3.8, 4) is 5.69 Å². The molecule has 0 radical (unpaired) electrons. The van der Waals surface area contributed by atoms with E-state index in [2.05, 4.69) is 4.98 Å². The Morgan fingerprint density at radius 3 is 2.80 bits per heavy atom. The van der Waals surface area contributed by atoms with E-state index in [1.807, 2.05) is 35.9 Å². The summed E-state index contributed by atoms with van der Waals surface area (Å²) in [6.07, 6.45) is 0. The summed E-state index contributed by atoms with van der Waals surface area (Å²) in [5, 5.41) is 26.0. The number of benzene rings is 1. The molecule has 3 heterocycles. The molecule has 0 amide bonds. The number of hydrogen-bond acceptors (Lipinski definition) is 5. The Labute approximate surface area is 147 Å². The van der Waals surface area contributed by atoms with E-state index < -0.39 is 4.92 Å². The molecule has 4 rings (SSSR count). The number of thiophene rings is 1. The molecule has 0 bridgehead atoms. The van der Waals surface area contributed by atoms with Crippen molar-refractivity contribution in [3.63, 3.8) is 0 Å². The summed E-state index contributed by atoms with van der Waals surface area (Å²) >= 11 is 1.43. The van der Waals surface area contributed by atoms with Crippen LogP contribution in [0.3, 0.4) is 0 Å². The third-order valence-electron chi connectivity index (χ3n) is 4.39. The van der Waals surface area contributed by atoms with Gasteiger partial charge in [-0.25, -0.2) is 4.98 Å². The molecule has 2 aromatic heterocycles. The van der Waals surface area contributed by atoms with E-state index in [0.717, 1.165) is 26.7 Å². The molecule has 8 heteroatoms. The van der Waals surface area contributed by atoms with Crippen molar-refractivity contribution in [2.24, 2.45) is 0 Å². The molecular weight excluding hydrogens is 340 g/mol. The molecule has 0 N–H and O–H groups in total. The predicted molar refractivity (Wildman–Crippen MR) is 94.6 cm³/mol. The normalized spacial score (nSPS) is 13.4. The Hall–Kier alpha value is -3.00. The number of nitro groups is 1. The number of non-ortho nitro benzene ring substituents is 1. The van der Waals surface area contributed by atoms with Crippen molar-refractivity contribution in [1.29, 1.82) is 0 Å². The summed E-state index contributed by atoms with van der Waals surface area (Å²) < 4.78 is 2.79. The minimum absolute atomic E-state index is 0.0425. The zero-order valence-electron chi connectivity index (χ0n) is 13.6. The van der Waals surface area contributed by atoms with Gasteiger partial charge in [0, 0.05) is 17.8 Å². The number of hydroxylamine groups is 1. The first-order valence-corrected chi connectivity index (χ1v) is 8.55. The van der Waals surface area contributed by atoms with Crippen LogP contribution in [-0.2, 0) is 6.54 Å². The number of imidazole rings is 1. The van der Waals surface area contributed by atoms with Crippen molar-refractivity contribution in [2.45, 2.75) is 20.4 Å². The summed E-state index contributed by atoms with van der Waals surface area (Å²) in [6.45, 7) is 3.91. The fourth-order valence-electron chi connectivity index (χ4n) is 3.14. The summed E-state index contributed by atoms with van der Waals surface area (Å²) in [4.78, 5) is 16.1. The SMILES string of the molecule is Cc1nc2n(c1C)-c1ccc([N+](=O)[O-])cc1C(c1cccs1)=[N+]([O-])C2. The smallest absolute Gasteiger partial charge is 0.270 e. The van der Waals surface area contributed by atoms with Crippen molar-refractivity contribution in [3.05, 3.63) is 78.7 Å². The van der Waals surface area contributed by atoms with Crippen LogP contribution >= 0.6 is 11.3 Å². The first-order chi connectivity index (χ1) is 12.0. The van der Waals surface area contributed by atoms with Crippen LogP contribution in [0.25, 0.3) is 5.69 Å². The number of nitro benzene ring substituents is 1. The summed E-state index contributed by atoms with van der Waals surface area (Å²) in [5.74, 6) is 0.631. The van der Waals surface area contributed by atoms with E-state index in [9.17, 15) is 15.3 Å². The fourth-order valence-corrected chi connectivity index (χ4v) is 3.92. The molecule has 0 atom stereocenters. The standard InChI is InChI=1S/C17H14N4O3S/c1-10-11(2)20-14-6-5-12(21(23)24)8-13(14)17(15-4-3-7-25-15)19(22)9-16(20)18-10/h3-8H,9H2,1-2H3. The van der Waals surface area contributed by atoms with E-state index in [0.29, 0.717) is 17.1 Å². The Morgan fingerprint density at radius 1 is 1.32 bits per heavy atom. The molecule has 25 heavy (non-hydrogen) atoms. The molecule has 0 spiro atoms. The second kappa shape index (κ2) is 5.52.